The smallest absolute Gasteiger partial charge is 0.158 e. The van der Waals surface area contributed by atoms with Crippen molar-refractivity contribution in [3.05, 3.63) is 24.2 Å². The summed E-state index contributed by atoms with van der Waals surface area (Å²) in [6.45, 7) is 2.99. The number of fused-ring (bicyclic) bond motifs is 1. The van der Waals surface area contributed by atoms with Crippen molar-refractivity contribution in [3.8, 4) is 0 Å². The molecule has 2 aromatic heterocycles. The van der Waals surface area contributed by atoms with Gasteiger partial charge in [-0.15, -0.1) is 0 Å². The zero-order chi connectivity index (χ0) is 15.9. The van der Waals surface area contributed by atoms with Crippen LogP contribution in [0.4, 0.5) is 5.82 Å². The first-order valence-corrected chi connectivity index (χ1v) is 6.71. The van der Waals surface area contributed by atoms with E-state index in [2.05, 4.69) is 21.8 Å². The van der Waals surface area contributed by atoms with Gasteiger partial charge in [-0.3, -0.25) is 4.99 Å². The molecule has 2 unspecified atom stereocenters. The molecule has 9 nitrogen and oxygen atoms in total. The van der Waals surface area contributed by atoms with E-state index in [0.717, 1.165) is 0 Å². The molecule has 4 atom stereocenters. The number of nitrogen functional groups attached to an aromatic ring is 1. The van der Waals surface area contributed by atoms with Crippen LogP contribution >= 0.6 is 0 Å². The molecule has 0 aliphatic carbocycles. The van der Waals surface area contributed by atoms with Crippen molar-refractivity contribution in [1.82, 2.24) is 14.6 Å². The van der Waals surface area contributed by atoms with Crippen LogP contribution in [0.1, 0.15) is 5.69 Å². The summed E-state index contributed by atoms with van der Waals surface area (Å²) >= 11 is 0. The van der Waals surface area contributed by atoms with Gasteiger partial charge in [0.1, 0.15) is 30.2 Å². The van der Waals surface area contributed by atoms with E-state index in [4.69, 9.17) is 10.5 Å². The van der Waals surface area contributed by atoms with Crippen molar-refractivity contribution in [3.63, 3.8) is 0 Å². The molecule has 22 heavy (non-hydrogen) atoms. The Hall–Kier alpha value is -2.07. The van der Waals surface area contributed by atoms with E-state index in [-0.39, 0.29) is 12.4 Å². The van der Waals surface area contributed by atoms with Crippen LogP contribution in [0.15, 0.2) is 23.5 Å². The predicted molar refractivity (Wildman–Crippen MR) is 77.5 cm³/mol. The largest absolute Gasteiger partial charge is 0.394 e. The fourth-order valence-electron chi connectivity index (χ4n) is 2.90. The van der Waals surface area contributed by atoms with E-state index in [1.165, 1.54) is 10.8 Å². The fraction of sp³-hybridized carbons (Fsp3) is 0.462. The van der Waals surface area contributed by atoms with E-state index in [9.17, 15) is 15.3 Å². The molecule has 0 amide bonds. The normalized spacial score (nSPS) is 31.7. The number of ether oxygens (including phenoxy) is 1. The number of aromatic nitrogens is 3. The number of hydrogen-bond acceptors (Lipinski definition) is 8. The summed E-state index contributed by atoms with van der Waals surface area (Å²) in [5, 5.41) is 34.0. The molecule has 118 valence electrons. The van der Waals surface area contributed by atoms with E-state index in [0.29, 0.717) is 11.2 Å². The van der Waals surface area contributed by atoms with Gasteiger partial charge in [-0.25, -0.2) is 9.50 Å². The van der Waals surface area contributed by atoms with Crippen molar-refractivity contribution in [2.24, 2.45) is 4.99 Å². The maximum atomic E-state index is 10.5. The molecular weight excluding hydrogens is 290 g/mol. The maximum Gasteiger partial charge on any atom is 0.158 e. The molecular formula is C13H17N5O4. The molecule has 9 heteroatoms. The number of aliphatic imine (C=N–C) groups is 1. The SMILES string of the molecule is C=NC[C@@]1(c2ccc3c(N)ncnn23)O[C@H](CO)C(O)C1O. The molecule has 0 saturated carbocycles. The van der Waals surface area contributed by atoms with Gasteiger partial charge in [0.25, 0.3) is 0 Å². The maximum absolute atomic E-state index is 10.5. The first-order chi connectivity index (χ1) is 10.5. The minimum absolute atomic E-state index is 0.0161. The topological polar surface area (TPSA) is 138 Å². The van der Waals surface area contributed by atoms with Crippen LogP contribution in [0.3, 0.4) is 0 Å². The van der Waals surface area contributed by atoms with Crippen LogP contribution in [0, 0.1) is 0 Å². The zero-order valence-electron chi connectivity index (χ0n) is 11.7. The molecule has 3 heterocycles. The number of nitrogens with two attached hydrogens (primary N) is 1. The first-order valence-electron chi connectivity index (χ1n) is 6.71. The van der Waals surface area contributed by atoms with Gasteiger partial charge in [0.2, 0.25) is 0 Å². The Bertz CT molecular complexity index is 705. The molecule has 2 aromatic rings. The van der Waals surface area contributed by atoms with Gasteiger partial charge < -0.3 is 25.8 Å². The fourth-order valence-corrected chi connectivity index (χ4v) is 2.90. The van der Waals surface area contributed by atoms with E-state index in [1.54, 1.807) is 12.1 Å². The third-order valence-corrected chi connectivity index (χ3v) is 3.99. The molecule has 0 bridgehead atoms. The number of hydrogen-bond donors (Lipinski definition) is 4. The van der Waals surface area contributed by atoms with Crippen molar-refractivity contribution in [1.29, 1.82) is 0 Å². The number of anilines is 1. The lowest BCUT2D eigenvalue weighted by atomic mass is 9.91. The molecule has 1 aliphatic rings. The number of aliphatic hydroxyl groups is 3. The summed E-state index contributed by atoms with van der Waals surface area (Å²) in [6, 6.07) is 3.35. The first kappa shape index (κ1) is 14.9. The van der Waals surface area contributed by atoms with Crippen LogP contribution in [-0.2, 0) is 10.3 Å². The van der Waals surface area contributed by atoms with Crippen molar-refractivity contribution in [2.75, 3.05) is 18.9 Å². The Morgan fingerprint density at radius 2 is 2.23 bits per heavy atom. The Labute approximate surface area is 125 Å². The second kappa shape index (κ2) is 5.29. The minimum Gasteiger partial charge on any atom is -0.394 e. The zero-order valence-corrected chi connectivity index (χ0v) is 11.7. The van der Waals surface area contributed by atoms with Crippen molar-refractivity contribution in [2.45, 2.75) is 23.9 Å². The highest BCUT2D eigenvalue weighted by molar-refractivity contribution is 5.65. The molecule has 0 spiro atoms. The van der Waals surface area contributed by atoms with Crippen LogP contribution in [-0.4, -0.2) is 68.1 Å². The molecule has 3 rings (SSSR count). The average Bonchev–Trinajstić information content (AvgIpc) is 3.04. The lowest BCUT2D eigenvalue weighted by Gasteiger charge is -2.30. The number of rotatable bonds is 4. The molecule has 1 aliphatic heterocycles. The van der Waals surface area contributed by atoms with Gasteiger partial charge >= 0.3 is 0 Å². The van der Waals surface area contributed by atoms with Gasteiger partial charge in [-0.1, -0.05) is 0 Å². The van der Waals surface area contributed by atoms with Crippen LogP contribution in [0.2, 0.25) is 0 Å². The van der Waals surface area contributed by atoms with Gasteiger partial charge in [0, 0.05) is 0 Å². The van der Waals surface area contributed by atoms with Crippen molar-refractivity contribution >= 4 is 18.1 Å². The van der Waals surface area contributed by atoms with Gasteiger partial charge in [0.15, 0.2) is 11.4 Å². The van der Waals surface area contributed by atoms with Crippen LogP contribution < -0.4 is 5.73 Å². The van der Waals surface area contributed by atoms with Crippen LogP contribution in [0.25, 0.3) is 5.52 Å². The number of aliphatic hydroxyl groups excluding tert-OH is 3. The summed E-state index contributed by atoms with van der Waals surface area (Å²) in [5.41, 5.74) is 5.42. The predicted octanol–water partition coefficient (Wildman–Crippen LogP) is -1.68. The highest BCUT2D eigenvalue weighted by Crippen LogP contribution is 2.40. The molecule has 1 saturated heterocycles. The Morgan fingerprint density at radius 1 is 1.45 bits per heavy atom. The quantitative estimate of drug-likeness (QED) is 0.495. The summed E-state index contributed by atoms with van der Waals surface area (Å²) in [5.74, 6) is 0.273. The lowest BCUT2D eigenvalue weighted by molar-refractivity contribution is -0.0946. The highest BCUT2D eigenvalue weighted by atomic mass is 16.6. The van der Waals surface area contributed by atoms with Crippen LogP contribution in [0.5, 0.6) is 0 Å². The summed E-state index contributed by atoms with van der Waals surface area (Å²) in [7, 11) is 0. The molecule has 5 N–H and O–H groups in total. The molecule has 0 aromatic carbocycles. The Kier molecular flexibility index (Phi) is 3.57. The lowest BCUT2D eigenvalue weighted by Crippen LogP contribution is -2.44. The Morgan fingerprint density at radius 3 is 2.86 bits per heavy atom. The highest BCUT2D eigenvalue weighted by Gasteiger charge is 2.56. The standard InChI is InChI=1S/C13H17N5O4/c1-15-5-13(11(21)10(20)8(4-19)22-13)9-3-2-7-12(14)16-6-17-18(7)9/h2-3,6,8,10-11,19-21H,1,4-5H2,(H2,14,16,17)/t8-,10?,11?,13+/m1/s1. The van der Waals surface area contributed by atoms with E-state index in [1.807, 2.05) is 0 Å². The second-order valence-electron chi connectivity index (χ2n) is 5.21. The third kappa shape index (κ3) is 1.91. The van der Waals surface area contributed by atoms with Gasteiger partial charge in [-0.05, 0) is 18.9 Å². The monoisotopic (exact) mass is 307 g/mol. The van der Waals surface area contributed by atoms with E-state index >= 15 is 0 Å². The average molecular weight is 307 g/mol. The molecule has 1 fully saturated rings. The van der Waals surface area contributed by atoms with E-state index < -0.39 is 30.5 Å². The Balaban J connectivity index is 2.19. The molecule has 0 radical (unpaired) electrons. The van der Waals surface area contributed by atoms with Crippen molar-refractivity contribution < 1.29 is 20.1 Å². The summed E-state index contributed by atoms with van der Waals surface area (Å²) in [4.78, 5) is 7.71. The number of nitrogens with zero attached hydrogens (tertiary/aromatic N) is 4. The van der Waals surface area contributed by atoms with Gasteiger partial charge in [-0.2, -0.15) is 5.10 Å². The summed E-state index contributed by atoms with van der Waals surface area (Å²) < 4.78 is 7.23. The van der Waals surface area contributed by atoms with Gasteiger partial charge in [0.05, 0.1) is 18.8 Å². The second-order valence-corrected chi connectivity index (χ2v) is 5.21. The minimum atomic E-state index is -1.37. The third-order valence-electron chi connectivity index (χ3n) is 3.99. The summed E-state index contributed by atoms with van der Waals surface area (Å²) in [6.07, 6.45) is -2.20.